The Morgan fingerprint density at radius 2 is 1.59 bits per heavy atom. The van der Waals surface area contributed by atoms with Gasteiger partial charge in [-0.3, -0.25) is 4.57 Å². The maximum atomic E-state index is 12.8. The van der Waals surface area contributed by atoms with Crippen LogP contribution in [0, 0.1) is 0 Å². The zero-order valence-electron chi connectivity index (χ0n) is 18.8. The number of ether oxygens (including phenoxy) is 3. The molecule has 0 unspecified atom stereocenters. The number of benzene rings is 3. The van der Waals surface area contributed by atoms with Crippen LogP contribution < -0.4 is 9.47 Å². The van der Waals surface area contributed by atoms with Crippen molar-refractivity contribution in [2.45, 2.75) is 11.5 Å². The lowest BCUT2D eigenvalue weighted by Gasteiger charge is -2.26. The van der Waals surface area contributed by atoms with Gasteiger partial charge < -0.3 is 14.2 Å². The number of morpholine rings is 1. The first-order chi connectivity index (χ1) is 16.6. The molecule has 1 fully saturated rings. The van der Waals surface area contributed by atoms with Crippen LogP contribution in [0.15, 0.2) is 77.7 Å². The predicted molar refractivity (Wildman–Crippen MR) is 128 cm³/mol. The molecule has 1 saturated heterocycles. The number of rotatable bonds is 7. The number of aromatic nitrogens is 2. The van der Waals surface area contributed by atoms with Gasteiger partial charge in [0.05, 0.1) is 36.3 Å². The largest absolute Gasteiger partial charge is 0.497 e. The molecule has 0 atom stereocenters. The minimum atomic E-state index is -3.54. The zero-order chi connectivity index (χ0) is 23.5. The average molecular weight is 480 g/mol. The third-order valence-corrected chi connectivity index (χ3v) is 7.67. The fraction of sp³-hybridized carbons (Fsp3) is 0.240. The number of hydrogen-bond donors (Lipinski definition) is 0. The Morgan fingerprint density at radius 3 is 2.29 bits per heavy atom. The molecule has 9 heteroatoms. The molecule has 0 aliphatic carbocycles. The van der Waals surface area contributed by atoms with Gasteiger partial charge in [0, 0.05) is 18.8 Å². The Hall–Kier alpha value is -3.40. The SMILES string of the molecule is COc1ccc(-n2c(COc3ccc(S(=O)(=O)N4CCOCC4)cc3)nc3ccccc32)cc1. The maximum Gasteiger partial charge on any atom is 0.243 e. The highest BCUT2D eigenvalue weighted by Crippen LogP contribution is 2.25. The van der Waals surface area contributed by atoms with Crippen LogP contribution in [0.4, 0.5) is 0 Å². The number of imidazole rings is 1. The van der Waals surface area contributed by atoms with Gasteiger partial charge in [-0.25, -0.2) is 13.4 Å². The fourth-order valence-electron chi connectivity index (χ4n) is 3.98. The molecule has 3 aromatic carbocycles. The van der Waals surface area contributed by atoms with Crippen LogP contribution in [0.3, 0.4) is 0 Å². The van der Waals surface area contributed by atoms with Crippen LogP contribution in [0.25, 0.3) is 16.7 Å². The number of fused-ring (bicyclic) bond motifs is 1. The van der Waals surface area contributed by atoms with E-state index in [4.69, 9.17) is 19.2 Å². The topological polar surface area (TPSA) is 82.9 Å². The summed E-state index contributed by atoms with van der Waals surface area (Å²) in [6.45, 7) is 1.77. The second kappa shape index (κ2) is 9.46. The smallest absolute Gasteiger partial charge is 0.243 e. The van der Waals surface area contributed by atoms with E-state index in [2.05, 4.69) is 0 Å². The van der Waals surface area contributed by atoms with E-state index in [1.54, 1.807) is 31.4 Å². The molecule has 0 saturated carbocycles. The molecule has 1 aliphatic rings. The molecule has 0 radical (unpaired) electrons. The molecule has 5 rings (SSSR count). The highest BCUT2D eigenvalue weighted by Gasteiger charge is 2.26. The third-order valence-electron chi connectivity index (χ3n) is 5.76. The Morgan fingerprint density at radius 1 is 0.912 bits per heavy atom. The summed E-state index contributed by atoms with van der Waals surface area (Å²) in [5, 5.41) is 0. The molecular weight excluding hydrogens is 454 g/mol. The van der Waals surface area contributed by atoms with Crippen molar-refractivity contribution in [3.63, 3.8) is 0 Å². The second-order valence-corrected chi connectivity index (χ2v) is 9.76. The normalized spacial score (nSPS) is 14.9. The lowest BCUT2D eigenvalue weighted by atomic mass is 10.2. The van der Waals surface area contributed by atoms with Crippen molar-refractivity contribution in [3.8, 4) is 17.2 Å². The Kier molecular flexibility index (Phi) is 6.23. The molecule has 0 amide bonds. The summed E-state index contributed by atoms with van der Waals surface area (Å²) >= 11 is 0. The lowest BCUT2D eigenvalue weighted by molar-refractivity contribution is 0.0730. The van der Waals surface area contributed by atoms with Gasteiger partial charge in [-0.15, -0.1) is 0 Å². The summed E-state index contributed by atoms with van der Waals surface area (Å²) in [4.78, 5) is 5.00. The number of para-hydroxylation sites is 2. The van der Waals surface area contributed by atoms with E-state index < -0.39 is 10.0 Å². The molecule has 176 valence electrons. The van der Waals surface area contributed by atoms with Crippen molar-refractivity contribution in [1.29, 1.82) is 0 Å². The number of methoxy groups -OCH3 is 1. The summed E-state index contributed by atoms with van der Waals surface area (Å²) in [6, 6.07) is 22.2. The molecule has 1 aliphatic heterocycles. The van der Waals surface area contributed by atoms with Gasteiger partial charge >= 0.3 is 0 Å². The van der Waals surface area contributed by atoms with Gasteiger partial charge in [-0.2, -0.15) is 4.31 Å². The highest BCUT2D eigenvalue weighted by atomic mass is 32.2. The highest BCUT2D eigenvalue weighted by molar-refractivity contribution is 7.89. The molecule has 8 nitrogen and oxygen atoms in total. The monoisotopic (exact) mass is 479 g/mol. The lowest BCUT2D eigenvalue weighted by Crippen LogP contribution is -2.40. The van der Waals surface area contributed by atoms with E-state index in [1.165, 1.54) is 4.31 Å². The summed E-state index contributed by atoms with van der Waals surface area (Å²) in [5.41, 5.74) is 2.78. The Bertz CT molecular complexity index is 1380. The summed E-state index contributed by atoms with van der Waals surface area (Å²) < 4.78 is 45.7. The number of hydrogen-bond acceptors (Lipinski definition) is 6. The Labute approximate surface area is 198 Å². The van der Waals surface area contributed by atoms with Gasteiger partial charge in [0.15, 0.2) is 5.82 Å². The van der Waals surface area contributed by atoms with Crippen LogP contribution in [0.1, 0.15) is 5.82 Å². The molecule has 0 spiro atoms. The summed E-state index contributed by atoms with van der Waals surface area (Å²) in [7, 11) is -1.90. The van der Waals surface area contributed by atoms with Crippen LogP contribution in [0.2, 0.25) is 0 Å². The van der Waals surface area contributed by atoms with Gasteiger partial charge in [-0.05, 0) is 60.7 Å². The van der Waals surface area contributed by atoms with Gasteiger partial charge in [0.1, 0.15) is 18.1 Å². The molecule has 34 heavy (non-hydrogen) atoms. The minimum absolute atomic E-state index is 0.219. The molecule has 4 aromatic rings. The van der Waals surface area contributed by atoms with Crippen molar-refractivity contribution in [2.75, 3.05) is 33.4 Å². The summed E-state index contributed by atoms with van der Waals surface area (Å²) in [6.07, 6.45) is 0. The molecule has 0 bridgehead atoms. The van der Waals surface area contributed by atoms with E-state index in [-0.39, 0.29) is 11.5 Å². The van der Waals surface area contributed by atoms with E-state index in [0.717, 1.165) is 28.3 Å². The van der Waals surface area contributed by atoms with E-state index >= 15 is 0 Å². The van der Waals surface area contributed by atoms with Gasteiger partial charge in [0.2, 0.25) is 10.0 Å². The molecule has 0 N–H and O–H groups in total. The zero-order valence-corrected chi connectivity index (χ0v) is 19.6. The van der Waals surface area contributed by atoms with Crippen molar-refractivity contribution in [1.82, 2.24) is 13.9 Å². The van der Waals surface area contributed by atoms with Gasteiger partial charge in [0.25, 0.3) is 0 Å². The molecule has 1 aromatic heterocycles. The predicted octanol–water partition coefficient (Wildman–Crippen LogP) is 3.63. The minimum Gasteiger partial charge on any atom is -0.497 e. The van der Waals surface area contributed by atoms with E-state index in [9.17, 15) is 8.42 Å². The standard InChI is InChI=1S/C25H25N3O5S/c1-31-20-8-6-19(7-9-20)28-24-5-3-2-4-23(24)26-25(28)18-33-21-10-12-22(13-11-21)34(29,30)27-14-16-32-17-15-27/h2-13H,14-18H2,1H3. The summed E-state index contributed by atoms with van der Waals surface area (Å²) in [5.74, 6) is 2.07. The second-order valence-electron chi connectivity index (χ2n) is 7.83. The van der Waals surface area contributed by atoms with E-state index in [1.807, 2.05) is 53.1 Å². The molecule has 2 heterocycles. The molecular formula is C25H25N3O5S. The quantitative estimate of drug-likeness (QED) is 0.403. The first-order valence-corrected chi connectivity index (χ1v) is 12.4. The van der Waals surface area contributed by atoms with Crippen molar-refractivity contribution < 1.29 is 22.6 Å². The van der Waals surface area contributed by atoms with Crippen LogP contribution in [-0.4, -0.2) is 55.7 Å². The fourth-order valence-corrected chi connectivity index (χ4v) is 5.39. The Balaban J connectivity index is 1.38. The number of sulfonamides is 1. The van der Waals surface area contributed by atoms with Gasteiger partial charge in [-0.1, -0.05) is 12.1 Å². The third kappa shape index (κ3) is 4.37. The number of nitrogens with zero attached hydrogens (tertiary/aromatic N) is 3. The van der Waals surface area contributed by atoms with Crippen molar-refractivity contribution >= 4 is 21.1 Å². The van der Waals surface area contributed by atoms with Crippen LogP contribution in [0.5, 0.6) is 11.5 Å². The van der Waals surface area contributed by atoms with Crippen molar-refractivity contribution in [2.24, 2.45) is 0 Å². The van der Waals surface area contributed by atoms with Crippen LogP contribution >= 0.6 is 0 Å². The first-order valence-electron chi connectivity index (χ1n) is 11.0. The first kappa shape index (κ1) is 22.4. The van der Waals surface area contributed by atoms with Crippen molar-refractivity contribution in [3.05, 3.63) is 78.6 Å². The maximum absolute atomic E-state index is 12.8. The average Bonchev–Trinajstić information content (AvgIpc) is 3.26. The van der Waals surface area contributed by atoms with E-state index in [0.29, 0.717) is 32.1 Å². The van der Waals surface area contributed by atoms with Crippen LogP contribution in [-0.2, 0) is 21.4 Å².